The maximum absolute atomic E-state index is 13.2. The van der Waals surface area contributed by atoms with Gasteiger partial charge in [-0.1, -0.05) is 261 Å². The lowest BCUT2D eigenvalue weighted by Gasteiger charge is -2.40. The van der Waals surface area contributed by atoms with E-state index in [9.17, 15) is 34.5 Å². The van der Waals surface area contributed by atoms with Gasteiger partial charge in [-0.2, -0.15) is 0 Å². The number of ether oxygens (including phenoxy) is 5. The van der Waals surface area contributed by atoms with Gasteiger partial charge >= 0.3 is 23.9 Å². The van der Waals surface area contributed by atoms with Crippen molar-refractivity contribution in [2.24, 2.45) is 0 Å². The standard InChI is InChI=1S/C69H120O12/c1-4-7-10-13-16-19-22-25-28-30-31-33-36-39-42-45-48-51-54-57-63(72)80-67-65(74)64(73)66(68(75)76)81-69(67)78-59-60(79-62(71)56-53-50-47-44-41-38-34-27-24-21-18-15-12-9-6-3)58-77-61(70)55-52-49-46-43-40-37-35-32-29-26-23-20-17-14-11-8-5-2/h9,12,18,21,25,27-28,34,41,44,60,64-67,69,73-74H,4-8,10-11,13-17,19-20,22-24,26,29-33,35-40,42-43,45-59H2,1-3H3,(H,75,76)/b12-9-,21-18-,28-25-,34-27-,44-41-. The third-order valence-corrected chi connectivity index (χ3v) is 15.1. The van der Waals surface area contributed by atoms with E-state index < -0.39 is 67.3 Å². The highest BCUT2D eigenvalue weighted by molar-refractivity contribution is 5.74. The smallest absolute Gasteiger partial charge is 0.335 e. The Hall–Kier alpha value is -3.58. The van der Waals surface area contributed by atoms with Gasteiger partial charge in [0, 0.05) is 19.3 Å². The number of aliphatic carboxylic acids is 1. The molecule has 6 atom stereocenters. The zero-order valence-corrected chi connectivity index (χ0v) is 51.8. The Balaban J connectivity index is 2.65. The summed E-state index contributed by atoms with van der Waals surface area (Å²) in [5.41, 5.74) is 0. The van der Waals surface area contributed by atoms with Crippen LogP contribution in [-0.2, 0) is 42.9 Å². The molecule has 1 aliphatic heterocycles. The predicted octanol–water partition coefficient (Wildman–Crippen LogP) is 17.9. The first-order valence-corrected chi connectivity index (χ1v) is 33.3. The summed E-state index contributed by atoms with van der Waals surface area (Å²) >= 11 is 0. The summed E-state index contributed by atoms with van der Waals surface area (Å²) in [5, 5.41) is 31.6. The van der Waals surface area contributed by atoms with Crippen LogP contribution in [0.25, 0.3) is 0 Å². The molecule has 0 aromatic carbocycles. The second-order valence-electron chi connectivity index (χ2n) is 22.7. The number of carbonyl (C=O) groups excluding carboxylic acids is 3. The monoisotopic (exact) mass is 1140 g/mol. The minimum atomic E-state index is -1.91. The molecule has 1 aliphatic rings. The molecule has 0 aliphatic carbocycles. The molecule has 3 N–H and O–H groups in total. The van der Waals surface area contributed by atoms with Gasteiger partial charge in [-0.3, -0.25) is 14.4 Å². The van der Waals surface area contributed by atoms with E-state index in [-0.39, 0.29) is 25.9 Å². The summed E-state index contributed by atoms with van der Waals surface area (Å²) < 4.78 is 28.5. The number of rotatable bonds is 57. The Bertz CT molecular complexity index is 1640. The first kappa shape index (κ1) is 75.4. The van der Waals surface area contributed by atoms with Gasteiger partial charge < -0.3 is 39.0 Å². The van der Waals surface area contributed by atoms with E-state index in [1.54, 1.807) is 0 Å². The fraction of sp³-hybridized carbons (Fsp3) is 0.797. The zero-order chi connectivity index (χ0) is 58.9. The lowest BCUT2D eigenvalue weighted by molar-refractivity contribution is -0.301. The molecule has 1 saturated heterocycles. The Kier molecular flexibility index (Phi) is 53.0. The number of allylic oxidation sites excluding steroid dienone is 10. The highest BCUT2D eigenvalue weighted by Crippen LogP contribution is 2.27. The molecule has 12 nitrogen and oxygen atoms in total. The van der Waals surface area contributed by atoms with Crippen LogP contribution in [-0.4, -0.2) is 89.2 Å². The summed E-state index contributed by atoms with van der Waals surface area (Å²) in [7, 11) is 0. The number of hydrogen-bond acceptors (Lipinski definition) is 11. The summed E-state index contributed by atoms with van der Waals surface area (Å²) in [6.07, 6.45) is 59.0. The quantitative estimate of drug-likeness (QED) is 0.0228. The number of esters is 3. The van der Waals surface area contributed by atoms with Gasteiger partial charge in [-0.05, 0) is 83.5 Å². The summed E-state index contributed by atoms with van der Waals surface area (Å²) in [5.74, 6) is -3.16. The van der Waals surface area contributed by atoms with Crippen molar-refractivity contribution in [1.82, 2.24) is 0 Å². The van der Waals surface area contributed by atoms with E-state index in [1.165, 1.54) is 154 Å². The Labute approximate surface area is 494 Å². The first-order valence-electron chi connectivity index (χ1n) is 33.3. The summed E-state index contributed by atoms with van der Waals surface area (Å²) in [6.45, 7) is 5.89. The van der Waals surface area contributed by atoms with Crippen molar-refractivity contribution in [3.63, 3.8) is 0 Å². The van der Waals surface area contributed by atoms with E-state index in [4.69, 9.17) is 23.7 Å². The molecule has 1 rings (SSSR count). The van der Waals surface area contributed by atoms with E-state index in [0.717, 1.165) is 89.9 Å². The number of hydrogen-bond donors (Lipinski definition) is 3. The van der Waals surface area contributed by atoms with Gasteiger partial charge in [0.15, 0.2) is 24.6 Å². The SMILES string of the molecule is CC/C=C\C/C=C\C/C=C\C/C=C\CCCCC(=O)OC(COC(=O)CCCCCCCCCCCCCCCCCCC)COC1OC(C(=O)O)C(O)C(O)C1OC(=O)CCCCCCCCCCC/C=C\CCCCCCCC. The summed E-state index contributed by atoms with van der Waals surface area (Å²) in [6, 6.07) is 0. The normalized spacial score (nSPS) is 18.1. The molecule has 12 heteroatoms. The lowest BCUT2D eigenvalue weighted by Crippen LogP contribution is -2.61. The van der Waals surface area contributed by atoms with Crippen LogP contribution in [0.2, 0.25) is 0 Å². The van der Waals surface area contributed by atoms with Crippen LogP contribution in [0.3, 0.4) is 0 Å². The number of unbranched alkanes of at least 4 members (excludes halogenated alkanes) is 33. The van der Waals surface area contributed by atoms with Gasteiger partial charge in [0.2, 0.25) is 0 Å². The predicted molar refractivity (Wildman–Crippen MR) is 331 cm³/mol. The minimum absolute atomic E-state index is 0.0542. The topological polar surface area (TPSA) is 175 Å². The van der Waals surface area contributed by atoms with Gasteiger partial charge in [0.1, 0.15) is 18.8 Å². The van der Waals surface area contributed by atoms with Crippen molar-refractivity contribution in [3.8, 4) is 0 Å². The average molecular weight is 1140 g/mol. The van der Waals surface area contributed by atoms with Crippen molar-refractivity contribution in [2.75, 3.05) is 13.2 Å². The van der Waals surface area contributed by atoms with Crippen LogP contribution in [0, 0.1) is 0 Å². The van der Waals surface area contributed by atoms with Crippen molar-refractivity contribution >= 4 is 23.9 Å². The molecule has 81 heavy (non-hydrogen) atoms. The molecule has 1 fully saturated rings. The van der Waals surface area contributed by atoms with Crippen LogP contribution in [0.15, 0.2) is 60.8 Å². The van der Waals surface area contributed by atoms with Crippen LogP contribution >= 0.6 is 0 Å². The van der Waals surface area contributed by atoms with E-state index in [2.05, 4.69) is 81.5 Å². The maximum Gasteiger partial charge on any atom is 0.335 e. The largest absolute Gasteiger partial charge is 0.479 e. The van der Waals surface area contributed by atoms with Gasteiger partial charge in [-0.15, -0.1) is 0 Å². The van der Waals surface area contributed by atoms with E-state index >= 15 is 0 Å². The van der Waals surface area contributed by atoms with Crippen LogP contribution in [0.1, 0.15) is 303 Å². The number of carbonyl (C=O) groups is 4. The number of carboxylic acids is 1. The third kappa shape index (κ3) is 46.5. The van der Waals surface area contributed by atoms with Gasteiger partial charge in [0.05, 0.1) is 6.61 Å². The lowest BCUT2D eigenvalue weighted by atomic mass is 9.98. The molecule has 6 unspecified atom stereocenters. The fourth-order valence-corrected chi connectivity index (χ4v) is 10.0. The Morgan fingerprint density at radius 3 is 1.22 bits per heavy atom. The minimum Gasteiger partial charge on any atom is -0.479 e. The molecule has 0 amide bonds. The molecule has 1 heterocycles. The third-order valence-electron chi connectivity index (χ3n) is 15.1. The zero-order valence-electron chi connectivity index (χ0n) is 51.8. The molecular weight excluding hydrogens is 1020 g/mol. The van der Waals surface area contributed by atoms with Gasteiger partial charge in [0.25, 0.3) is 0 Å². The molecule has 0 aromatic heterocycles. The first-order chi connectivity index (χ1) is 39.6. The molecule has 0 saturated carbocycles. The van der Waals surface area contributed by atoms with E-state index in [1.807, 2.05) is 0 Å². The molecule has 0 spiro atoms. The van der Waals surface area contributed by atoms with Gasteiger partial charge in [-0.25, -0.2) is 4.79 Å². The number of aliphatic hydroxyl groups is 2. The fourth-order valence-electron chi connectivity index (χ4n) is 10.0. The van der Waals surface area contributed by atoms with Crippen molar-refractivity contribution in [3.05, 3.63) is 60.8 Å². The highest BCUT2D eigenvalue weighted by atomic mass is 16.7. The van der Waals surface area contributed by atoms with Crippen molar-refractivity contribution < 1.29 is 58.2 Å². The number of aliphatic hydroxyl groups excluding tert-OH is 2. The molecule has 0 aromatic rings. The van der Waals surface area contributed by atoms with Crippen LogP contribution < -0.4 is 0 Å². The Morgan fingerprint density at radius 1 is 0.420 bits per heavy atom. The molecule has 0 bridgehead atoms. The second kappa shape index (κ2) is 56.9. The summed E-state index contributed by atoms with van der Waals surface area (Å²) in [4.78, 5) is 51.3. The van der Waals surface area contributed by atoms with Crippen molar-refractivity contribution in [2.45, 2.75) is 340 Å². The van der Waals surface area contributed by atoms with Crippen LogP contribution in [0.5, 0.6) is 0 Å². The average Bonchev–Trinajstić information content (AvgIpc) is 3.52. The Morgan fingerprint density at radius 2 is 0.778 bits per heavy atom. The second-order valence-corrected chi connectivity index (χ2v) is 22.7. The number of carboxylic acid groups (broad SMARTS) is 1. The van der Waals surface area contributed by atoms with Crippen molar-refractivity contribution in [1.29, 1.82) is 0 Å². The molecular formula is C69H120O12. The maximum atomic E-state index is 13.2. The van der Waals surface area contributed by atoms with Crippen LogP contribution in [0.4, 0.5) is 0 Å². The highest BCUT2D eigenvalue weighted by Gasteiger charge is 2.50. The molecule has 468 valence electrons. The van der Waals surface area contributed by atoms with E-state index in [0.29, 0.717) is 19.3 Å². The molecule has 0 radical (unpaired) electrons.